The van der Waals surface area contributed by atoms with E-state index in [1.165, 1.54) is 25.9 Å². The van der Waals surface area contributed by atoms with Crippen molar-refractivity contribution in [3.8, 4) is 0 Å². The fraction of sp³-hybridized carbons (Fsp3) is 0.700. The average molecular weight is 292 g/mol. The molecule has 2 aliphatic heterocycles. The van der Waals surface area contributed by atoms with Crippen LogP contribution in [0.3, 0.4) is 0 Å². The maximum atomic E-state index is 4.33. The molecule has 0 amide bonds. The molecule has 3 nitrogen and oxygen atoms in total. The maximum absolute atomic E-state index is 4.33. The molecule has 0 unspecified atom stereocenters. The third-order valence-electron chi connectivity index (χ3n) is 2.42. The highest BCUT2D eigenvalue weighted by atomic mass is 79.9. The summed E-state index contributed by atoms with van der Waals surface area (Å²) in [7, 11) is 0. The third-order valence-corrected chi connectivity index (χ3v) is 3.32. The van der Waals surface area contributed by atoms with Gasteiger partial charge in [0.25, 0.3) is 0 Å². The van der Waals surface area contributed by atoms with Crippen LogP contribution in [0.15, 0.2) is 17.3 Å². The predicted octanol–water partition coefficient (Wildman–Crippen LogP) is 1.87. The Kier molecular flexibility index (Phi) is 6.17. The van der Waals surface area contributed by atoms with Gasteiger partial charge in [-0.3, -0.25) is 4.99 Å². The fourth-order valence-electron chi connectivity index (χ4n) is 1.68. The number of aliphatic imine (C=N–C) groups is 1. The first-order chi connectivity index (χ1) is 6.95. The summed E-state index contributed by atoms with van der Waals surface area (Å²) < 4.78 is 0. The minimum absolute atomic E-state index is 0. The van der Waals surface area contributed by atoms with E-state index in [0.717, 1.165) is 24.0 Å². The topological polar surface area (TPSA) is 27.6 Å². The van der Waals surface area contributed by atoms with Crippen LogP contribution in [-0.2, 0) is 0 Å². The van der Waals surface area contributed by atoms with Crippen LogP contribution in [0.2, 0.25) is 0 Å². The number of likely N-dealkylation sites (tertiary alicyclic amines) is 1. The minimum atomic E-state index is 0. The van der Waals surface area contributed by atoms with E-state index in [-0.39, 0.29) is 17.0 Å². The van der Waals surface area contributed by atoms with Gasteiger partial charge in [0.1, 0.15) is 0 Å². The highest BCUT2D eigenvalue weighted by molar-refractivity contribution is 8.93. The van der Waals surface area contributed by atoms with Gasteiger partial charge in [-0.25, -0.2) is 0 Å². The Labute approximate surface area is 106 Å². The van der Waals surface area contributed by atoms with E-state index in [4.69, 9.17) is 0 Å². The van der Waals surface area contributed by atoms with Crippen LogP contribution in [0, 0.1) is 0 Å². The zero-order chi connectivity index (χ0) is 9.64. The van der Waals surface area contributed by atoms with Crippen molar-refractivity contribution in [2.45, 2.75) is 12.8 Å². The summed E-state index contributed by atoms with van der Waals surface area (Å²) in [5.41, 5.74) is 0. The molecule has 0 aromatic carbocycles. The molecule has 1 N–H and O–H groups in total. The van der Waals surface area contributed by atoms with Crippen molar-refractivity contribution in [1.29, 1.82) is 0 Å². The number of halogens is 1. The quantitative estimate of drug-likeness (QED) is 0.860. The van der Waals surface area contributed by atoms with Gasteiger partial charge < -0.3 is 10.2 Å². The van der Waals surface area contributed by atoms with Crippen molar-refractivity contribution < 1.29 is 0 Å². The van der Waals surface area contributed by atoms with E-state index in [1.807, 2.05) is 0 Å². The first-order valence-electron chi connectivity index (χ1n) is 5.27. The van der Waals surface area contributed by atoms with E-state index in [0.29, 0.717) is 0 Å². The molecule has 2 rings (SSSR count). The average Bonchev–Trinajstić information content (AvgIpc) is 2.86. The summed E-state index contributed by atoms with van der Waals surface area (Å²) in [6.07, 6.45) is 7.17. The molecular weight excluding hydrogens is 274 g/mol. The summed E-state index contributed by atoms with van der Waals surface area (Å²) in [6, 6.07) is 0. The van der Waals surface area contributed by atoms with Crippen LogP contribution in [-0.4, -0.2) is 42.0 Å². The summed E-state index contributed by atoms with van der Waals surface area (Å²) >= 11 is 1.79. The summed E-state index contributed by atoms with van der Waals surface area (Å²) in [5, 5.41) is 4.36. The smallest absolute Gasteiger partial charge is 0.156 e. The van der Waals surface area contributed by atoms with Crippen LogP contribution < -0.4 is 5.32 Å². The van der Waals surface area contributed by atoms with E-state index in [9.17, 15) is 0 Å². The van der Waals surface area contributed by atoms with E-state index < -0.39 is 0 Å². The van der Waals surface area contributed by atoms with Gasteiger partial charge in [0, 0.05) is 25.4 Å². The third kappa shape index (κ3) is 4.47. The Balaban J connectivity index is 0.00000112. The summed E-state index contributed by atoms with van der Waals surface area (Å²) in [4.78, 5) is 6.72. The Bertz CT molecular complexity index is 237. The van der Waals surface area contributed by atoms with E-state index >= 15 is 0 Å². The second kappa shape index (κ2) is 7.17. The highest BCUT2D eigenvalue weighted by Gasteiger charge is 2.06. The second-order valence-electron chi connectivity index (χ2n) is 3.55. The summed E-state index contributed by atoms with van der Waals surface area (Å²) in [5.74, 6) is 1.03. The molecule has 1 saturated heterocycles. The number of thioether (sulfide) groups is 1. The van der Waals surface area contributed by atoms with Crippen LogP contribution in [0.4, 0.5) is 0 Å². The van der Waals surface area contributed by atoms with Crippen molar-refractivity contribution >= 4 is 33.9 Å². The van der Waals surface area contributed by atoms with Crippen LogP contribution in [0.5, 0.6) is 0 Å². The van der Waals surface area contributed by atoms with Gasteiger partial charge in [0.05, 0.1) is 6.54 Å². The number of amidine groups is 1. The molecule has 86 valence electrons. The number of hydrogen-bond acceptors (Lipinski definition) is 4. The van der Waals surface area contributed by atoms with Gasteiger partial charge in [-0.05, 0) is 19.0 Å². The second-order valence-corrected chi connectivity index (χ2v) is 4.56. The first kappa shape index (κ1) is 12.9. The molecule has 0 atom stereocenters. The predicted molar refractivity (Wildman–Crippen MR) is 73.0 cm³/mol. The molecule has 15 heavy (non-hydrogen) atoms. The lowest BCUT2D eigenvalue weighted by atomic mass is 10.4. The SMILES string of the molecule is Br.C(=C\N1CCCC1)/CSC1=NCCN1. The molecule has 1 fully saturated rings. The number of nitrogens with zero attached hydrogens (tertiary/aromatic N) is 2. The normalized spacial score (nSPS) is 20.3. The van der Waals surface area contributed by atoms with Crippen molar-refractivity contribution in [3.63, 3.8) is 0 Å². The molecule has 2 aliphatic rings. The molecule has 0 radical (unpaired) electrons. The van der Waals surface area contributed by atoms with Crippen molar-refractivity contribution in [3.05, 3.63) is 12.3 Å². The number of hydrogen-bond donors (Lipinski definition) is 1. The molecule has 0 aromatic rings. The standard InChI is InChI=1S/C10H17N3S.BrH/c1-2-7-13(6-1)8-3-9-14-10-11-4-5-12-10;/h3,8H,1-2,4-7,9H2,(H,11,12);1H/b8-3+;. The molecule has 0 bridgehead atoms. The Morgan fingerprint density at radius 2 is 2.20 bits per heavy atom. The lowest BCUT2D eigenvalue weighted by Crippen LogP contribution is -2.15. The fourth-order valence-corrected chi connectivity index (χ4v) is 2.41. The number of nitrogens with one attached hydrogen (secondary N) is 1. The minimum Gasteiger partial charge on any atom is -0.378 e. The van der Waals surface area contributed by atoms with Gasteiger partial charge in [-0.15, -0.1) is 17.0 Å². The van der Waals surface area contributed by atoms with Crippen molar-refractivity contribution in [2.24, 2.45) is 4.99 Å². The Hall–Kier alpha value is -0.160. The molecule has 0 spiro atoms. The van der Waals surface area contributed by atoms with Crippen LogP contribution in [0.1, 0.15) is 12.8 Å². The van der Waals surface area contributed by atoms with Gasteiger partial charge in [-0.2, -0.15) is 0 Å². The zero-order valence-electron chi connectivity index (χ0n) is 8.82. The largest absolute Gasteiger partial charge is 0.378 e. The van der Waals surface area contributed by atoms with Crippen molar-refractivity contribution in [1.82, 2.24) is 10.2 Å². The lowest BCUT2D eigenvalue weighted by molar-refractivity contribution is 0.467. The monoisotopic (exact) mass is 291 g/mol. The molecular formula is C10H18BrN3S. The first-order valence-corrected chi connectivity index (χ1v) is 6.25. The molecule has 5 heteroatoms. The molecule has 0 saturated carbocycles. The molecule has 2 heterocycles. The number of rotatable bonds is 3. The zero-order valence-corrected chi connectivity index (χ0v) is 11.3. The lowest BCUT2D eigenvalue weighted by Gasteiger charge is -2.09. The van der Waals surface area contributed by atoms with Crippen LogP contribution in [0.25, 0.3) is 0 Å². The van der Waals surface area contributed by atoms with Crippen molar-refractivity contribution in [2.75, 3.05) is 31.9 Å². The summed E-state index contributed by atoms with van der Waals surface area (Å²) in [6.45, 7) is 4.43. The van der Waals surface area contributed by atoms with Gasteiger partial charge in [0.2, 0.25) is 0 Å². The maximum Gasteiger partial charge on any atom is 0.156 e. The van der Waals surface area contributed by atoms with Crippen LogP contribution >= 0.6 is 28.7 Å². The van der Waals surface area contributed by atoms with E-state index in [1.54, 1.807) is 11.8 Å². The Morgan fingerprint density at radius 1 is 1.40 bits per heavy atom. The molecule has 0 aromatic heterocycles. The van der Waals surface area contributed by atoms with E-state index in [2.05, 4.69) is 27.5 Å². The Morgan fingerprint density at radius 3 is 2.87 bits per heavy atom. The van der Waals surface area contributed by atoms with Gasteiger partial charge >= 0.3 is 0 Å². The molecule has 0 aliphatic carbocycles. The highest BCUT2D eigenvalue weighted by Crippen LogP contribution is 2.09. The van der Waals surface area contributed by atoms with Gasteiger partial charge in [0.15, 0.2) is 5.17 Å². The van der Waals surface area contributed by atoms with Gasteiger partial charge in [-0.1, -0.05) is 17.8 Å².